The predicted molar refractivity (Wildman–Crippen MR) is 142 cm³/mol. The average molecular weight is 675 g/mol. The summed E-state index contributed by atoms with van der Waals surface area (Å²) in [6.45, 7) is -3.40. The summed E-state index contributed by atoms with van der Waals surface area (Å²) in [7, 11) is -5.54. The number of hydrogen-bond acceptors (Lipinski definition) is 17. The maximum Gasteiger partial charge on any atom is 0.481 e. The molecule has 4 rings (SSSR count). The van der Waals surface area contributed by atoms with Crippen LogP contribution in [0.25, 0.3) is 11.1 Å². The van der Waals surface area contributed by atoms with E-state index in [1.54, 1.807) is 0 Å². The zero-order chi connectivity index (χ0) is 31.9. The largest absolute Gasteiger partial charge is 0.481 e. The van der Waals surface area contributed by atoms with Gasteiger partial charge in [-0.25, -0.2) is 23.2 Å². The lowest BCUT2D eigenvalue weighted by atomic mass is 9.87. The molecule has 0 aliphatic carbocycles. The molecule has 0 spiro atoms. The molecule has 10 N–H and O–H groups in total. The van der Waals surface area contributed by atoms with E-state index in [2.05, 4.69) is 31.1 Å². The van der Waals surface area contributed by atoms with Crippen LogP contribution in [0.4, 0.5) is 10.2 Å². The normalized spacial score (nSPS) is 36.5. The zero-order valence-electron chi connectivity index (χ0n) is 21.6. The number of phosphoric ester groups is 1. The fraction of sp³-hybridized carbons (Fsp3) is 0.571. The van der Waals surface area contributed by atoms with E-state index in [0.717, 1.165) is 18.7 Å². The van der Waals surface area contributed by atoms with Crippen molar-refractivity contribution < 1.29 is 76.6 Å². The van der Waals surface area contributed by atoms with Crippen LogP contribution in [-0.2, 0) is 39.2 Å². The van der Waals surface area contributed by atoms with Gasteiger partial charge in [0.2, 0.25) is 0 Å². The second-order valence-corrected chi connectivity index (χ2v) is 13.8. The molecule has 2 fully saturated rings. The highest BCUT2D eigenvalue weighted by molar-refractivity contribution is 8.08. The Morgan fingerprint density at radius 2 is 1.93 bits per heavy atom. The van der Waals surface area contributed by atoms with Crippen LogP contribution in [0.2, 0.25) is 0 Å². The van der Waals surface area contributed by atoms with Crippen molar-refractivity contribution in [3.63, 3.8) is 0 Å². The maximum atomic E-state index is 13.9. The zero-order valence-corrected chi connectivity index (χ0v) is 24.2. The van der Waals surface area contributed by atoms with Crippen LogP contribution in [0.3, 0.4) is 0 Å². The summed E-state index contributed by atoms with van der Waals surface area (Å²) in [6, 6.07) is 0. The molecule has 2 aliphatic heterocycles. The van der Waals surface area contributed by atoms with Crippen LogP contribution >= 0.6 is 14.5 Å². The summed E-state index contributed by atoms with van der Waals surface area (Å²) >= 11 is 4.73. The van der Waals surface area contributed by atoms with Crippen molar-refractivity contribution in [1.29, 1.82) is 0 Å². The number of aromatic nitrogens is 2. The van der Waals surface area contributed by atoms with Gasteiger partial charge in [-0.2, -0.15) is 0 Å². The van der Waals surface area contributed by atoms with E-state index in [4.69, 9.17) is 41.1 Å². The number of aliphatic hydroxyl groups is 6. The van der Waals surface area contributed by atoms with E-state index < -0.39 is 88.5 Å². The number of nitrogens with two attached hydrogens (primary N) is 1. The highest BCUT2D eigenvalue weighted by Crippen LogP contribution is 2.62. The van der Waals surface area contributed by atoms with Gasteiger partial charge < -0.3 is 64.6 Å². The highest BCUT2D eigenvalue weighted by atomic mass is 32.5. The molecule has 22 heteroatoms. The quantitative estimate of drug-likeness (QED) is 0.0936. The molecule has 2 aliphatic rings. The summed E-state index contributed by atoms with van der Waals surface area (Å²) in [4.78, 5) is 28.4. The van der Waals surface area contributed by atoms with E-state index in [1.165, 1.54) is 0 Å². The van der Waals surface area contributed by atoms with E-state index in [9.17, 15) is 44.3 Å². The summed E-state index contributed by atoms with van der Waals surface area (Å²) in [5, 5.41) is 61.0. The Hall–Kier alpha value is -1.77. The van der Waals surface area contributed by atoms with Gasteiger partial charge in [-0.3, -0.25) is 4.52 Å². The number of halogens is 1. The van der Waals surface area contributed by atoms with Gasteiger partial charge in [-0.05, 0) is 17.9 Å². The molecule has 12 atom stereocenters. The fourth-order valence-corrected chi connectivity index (χ4v) is 7.60. The number of nitrogen functional groups attached to an aromatic ring is 1. The molecule has 0 aromatic carbocycles. The Bertz CT molecular complexity index is 1460. The third kappa shape index (κ3) is 6.91. The smallest absolute Gasteiger partial charge is 0.458 e. The number of alkyl halides is 1. The molecule has 4 heterocycles. The van der Waals surface area contributed by atoms with Gasteiger partial charge in [0.25, 0.3) is 0 Å². The van der Waals surface area contributed by atoms with Crippen molar-refractivity contribution in [3.05, 3.63) is 36.5 Å². The first-order chi connectivity index (χ1) is 20.0. The SMILES string of the molecule is C=C=C[C@@]1(O)[C@H](O)[C@@H](COP(O)(=S)OP(=O)(O)OC2OC([C@@H](F)CO)C(O)C(O)C2O)O[C@H]1c1coc2c(N)ncnc12. The van der Waals surface area contributed by atoms with E-state index in [1.807, 2.05) is 0 Å². The summed E-state index contributed by atoms with van der Waals surface area (Å²) in [6.07, 6.45) is -14.4. The van der Waals surface area contributed by atoms with Crippen LogP contribution in [0, 0.1) is 0 Å². The lowest BCUT2D eigenvalue weighted by Crippen LogP contribution is -2.60. The van der Waals surface area contributed by atoms with Gasteiger partial charge in [-0.1, -0.05) is 6.58 Å². The minimum Gasteiger partial charge on any atom is -0.458 e. The van der Waals surface area contributed by atoms with Gasteiger partial charge in [0.15, 0.2) is 23.9 Å². The predicted octanol–water partition coefficient (Wildman–Crippen LogP) is -1.82. The number of rotatable bonds is 11. The van der Waals surface area contributed by atoms with Crippen molar-refractivity contribution in [1.82, 2.24) is 9.97 Å². The number of ether oxygens (including phenoxy) is 2. The standard InChI is InChI=1S/C21H28FN3O15P2S/c1-2-3-21(31)17(30)10(37-18(21)8-5-35-16-11(8)24-7-25-19(16)23)6-36-42(34,43)40-41(32,33)39-20-14(29)12(27)13(28)15(38-20)9(22)4-26/h3,5,7,9-10,12-15,17-18,20,26-31H,1,4,6H2,(H,32,33)(H,34,43)(H2,23,24,25)/t9-,10+,12?,13?,14?,15?,17+,18-,20?,21+,42?/m0/s1. The molecule has 2 aromatic heterocycles. The molecule has 2 aromatic rings. The van der Waals surface area contributed by atoms with Crippen molar-refractivity contribution in [2.45, 2.75) is 60.8 Å². The lowest BCUT2D eigenvalue weighted by Gasteiger charge is -2.41. The summed E-state index contributed by atoms with van der Waals surface area (Å²) in [5.74, 6) is -0.0171. The van der Waals surface area contributed by atoms with Gasteiger partial charge in [-0.15, -0.1) is 5.73 Å². The van der Waals surface area contributed by atoms with Crippen LogP contribution < -0.4 is 5.73 Å². The molecule has 0 amide bonds. The van der Waals surface area contributed by atoms with Crippen LogP contribution in [0.1, 0.15) is 11.7 Å². The fourth-order valence-electron chi connectivity index (χ4n) is 4.50. The Kier molecular flexibility index (Phi) is 10.2. The number of phosphoric acid groups is 1. The van der Waals surface area contributed by atoms with Gasteiger partial charge in [0.05, 0.1) is 19.5 Å². The minimum absolute atomic E-state index is 0.0171. The second-order valence-electron chi connectivity index (χ2n) is 9.42. The molecule has 0 bridgehead atoms. The van der Waals surface area contributed by atoms with Crippen LogP contribution in [-0.4, -0.2) is 118 Å². The maximum absolute atomic E-state index is 13.9. The molecular weight excluding hydrogens is 647 g/mol. The van der Waals surface area contributed by atoms with Gasteiger partial charge in [0, 0.05) is 5.56 Å². The number of hydrogen-bond donors (Lipinski definition) is 9. The van der Waals surface area contributed by atoms with E-state index in [-0.39, 0.29) is 22.5 Å². The molecule has 18 nitrogen and oxygen atoms in total. The number of fused-ring (bicyclic) bond motifs is 1. The molecule has 240 valence electrons. The Labute approximate surface area is 246 Å². The Morgan fingerprint density at radius 3 is 2.58 bits per heavy atom. The molecular formula is C21H28FN3O15P2S. The first kappa shape index (κ1) is 34.1. The Balaban J connectivity index is 1.46. The molecule has 2 saturated heterocycles. The van der Waals surface area contributed by atoms with Crippen molar-refractivity contribution >= 4 is 43.3 Å². The van der Waals surface area contributed by atoms with E-state index >= 15 is 0 Å². The minimum atomic E-state index is -5.54. The first-order valence-corrected chi connectivity index (χ1v) is 16.2. The number of furan rings is 1. The topological polar surface area (TPSA) is 290 Å². The molecule has 43 heavy (non-hydrogen) atoms. The van der Waals surface area contributed by atoms with Gasteiger partial charge in [0.1, 0.15) is 60.2 Å². The first-order valence-electron chi connectivity index (χ1n) is 12.1. The van der Waals surface area contributed by atoms with Crippen molar-refractivity contribution in [2.24, 2.45) is 0 Å². The summed E-state index contributed by atoms with van der Waals surface area (Å²) < 4.78 is 56.7. The lowest BCUT2D eigenvalue weighted by molar-refractivity contribution is -0.287. The van der Waals surface area contributed by atoms with Gasteiger partial charge >= 0.3 is 14.5 Å². The second kappa shape index (κ2) is 12.9. The molecule has 7 unspecified atom stereocenters. The third-order valence-corrected chi connectivity index (χ3v) is 10.1. The molecule has 0 saturated carbocycles. The Morgan fingerprint density at radius 1 is 1.23 bits per heavy atom. The number of anilines is 1. The third-order valence-electron chi connectivity index (χ3n) is 6.56. The highest BCUT2D eigenvalue weighted by Gasteiger charge is 2.56. The van der Waals surface area contributed by atoms with Crippen LogP contribution in [0.5, 0.6) is 0 Å². The molecule has 0 radical (unpaired) electrons. The van der Waals surface area contributed by atoms with Crippen molar-refractivity contribution in [3.8, 4) is 0 Å². The van der Waals surface area contributed by atoms with E-state index in [0.29, 0.717) is 0 Å². The van der Waals surface area contributed by atoms with Crippen LogP contribution in [0.15, 0.2) is 35.4 Å². The summed E-state index contributed by atoms with van der Waals surface area (Å²) in [5.41, 5.74) is 6.23. The number of nitrogens with zero attached hydrogens (tertiary/aromatic N) is 2. The monoisotopic (exact) mass is 675 g/mol. The number of aliphatic hydroxyl groups excluding tert-OH is 5. The average Bonchev–Trinajstić information content (AvgIpc) is 3.46. The van der Waals surface area contributed by atoms with Crippen molar-refractivity contribution in [2.75, 3.05) is 18.9 Å².